The number of hydrogen-bond donors (Lipinski definition) is 1. The van der Waals surface area contributed by atoms with E-state index < -0.39 is 15.4 Å². The number of piperidine rings is 1. The van der Waals surface area contributed by atoms with Crippen LogP contribution in [0.3, 0.4) is 0 Å². The number of nitrogens with zero attached hydrogens (tertiary/aromatic N) is 4. The lowest BCUT2D eigenvalue weighted by Gasteiger charge is -2.41. The highest BCUT2D eigenvalue weighted by molar-refractivity contribution is 7.88. The van der Waals surface area contributed by atoms with Gasteiger partial charge in [0, 0.05) is 38.8 Å². The number of carbonyl (C=O) groups excluding carboxylic acids is 2. The maximum atomic E-state index is 13.4. The van der Waals surface area contributed by atoms with E-state index in [0.29, 0.717) is 69.9 Å². The molecule has 5 rings (SSSR count). The van der Waals surface area contributed by atoms with E-state index in [1.807, 2.05) is 23.1 Å². The van der Waals surface area contributed by atoms with Gasteiger partial charge in [0.1, 0.15) is 5.75 Å². The van der Waals surface area contributed by atoms with Crippen LogP contribution in [0.1, 0.15) is 80.8 Å². The molecule has 42 heavy (non-hydrogen) atoms. The Bertz CT molecular complexity index is 1340. The lowest BCUT2D eigenvalue weighted by molar-refractivity contribution is -0.141. The zero-order valence-electron chi connectivity index (χ0n) is 24.6. The second-order valence-corrected chi connectivity index (χ2v) is 13.8. The molecule has 10 nitrogen and oxygen atoms in total. The molecule has 1 atom stereocenters. The Balaban J connectivity index is 1.13. The molecular weight excluding hydrogens is 554 g/mol. The summed E-state index contributed by atoms with van der Waals surface area (Å²) in [5, 5.41) is 3.16. The van der Waals surface area contributed by atoms with E-state index in [1.54, 1.807) is 12.4 Å². The first-order valence-corrected chi connectivity index (χ1v) is 17.1. The van der Waals surface area contributed by atoms with E-state index in [-0.39, 0.29) is 17.9 Å². The molecule has 0 radical (unpaired) electrons. The first-order chi connectivity index (χ1) is 20.2. The SMILES string of the molecule is CS(=O)(=O)N1CCCC1c1cnc(CCC(=O)N2CCC3(CCCCc4ccccc4OCCCNC3=O)CC2)cn1. The quantitative estimate of drug-likeness (QED) is 0.561. The van der Waals surface area contributed by atoms with Gasteiger partial charge >= 0.3 is 0 Å². The number of carbonyl (C=O) groups is 2. The largest absolute Gasteiger partial charge is 0.493 e. The van der Waals surface area contributed by atoms with Gasteiger partial charge < -0.3 is 15.0 Å². The van der Waals surface area contributed by atoms with Crippen molar-refractivity contribution >= 4 is 21.8 Å². The summed E-state index contributed by atoms with van der Waals surface area (Å²) < 4.78 is 31.6. The van der Waals surface area contributed by atoms with Gasteiger partial charge in [0.2, 0.25) is 21.8 Å². The molecule has 1 aromatic heterocycles. The summed E-state index contributed by atoms with van der Waals surface area (Å²) in [4.78, 5) is 37.4. The van der Waals surface area contributed by atoms with E-state index in [9.17, 15) is 18.0 Å². The molecule has 2 fully saturated rings. The Kier molecular flexibility index (Phi) is 9.77. The van der Waals surface area contributed by atoms with Crippen molar-refractivity contribution < 1.29 is 22.7 Å². The van der Waals surface area contributed by atoms with Crippen molar-refractivity contribution in [2.45, 2.75) is 76.7 Å². The smallest absolute Gasteiger partial charge is 0.226 e. The minimum absolute atomic E-state index is 0.0635. The number of aryl methyl sites for hydroxylation is 2. The van der Waals surface area contributed by atoms with Crippen molar-refractivity contribution in [3.8, 4) is 5.75 Å². The number of aromatic nitrogens is 2. The fourth-order valence-electron chi connectivity index (χ4n) is 6.54. The molecule has 3 aliphatic heterocycles. The van der Waals surface area contributed by atoms with E-state index in [4.69, 9.17) is 4.74 Å². The average Bonchev–Trinajstić information content (AvgIpc) is 3.50. The number of fused-ring (bicyclic) bond motifs is 1. The van der Waals surface area contributed by atoms with Crippen molar-refractivity contribution in [1.82, 2.24) is 24.5 Å². The van der Waals surface area contributed by atoms with Crippen LogP contribution < -0.4 is 10.1 Å². The molecule has 3 aliphatic rings. The van der Waals surface area contributed by atoms with Crippen molar-refractivity contribution in [2.24, 2.45) is 5.41 Å². The molecule has 1 unspecified atom stereocenters. The molecule has 1 aromatic carbocycles. The highest BCUT2D eigenvalue weighted by atomic mass is 32.2. The molecule has 1 N–H and O–H groups in total. The summed E-state index contributed by atoms with van der Waals surface area (Å²) in [7, 11) is -3.29. The number of sulfonamides is 1. The van der Waals surface area contributed by atoms with Gasteiger partial charge in [-0.3, -0.25) is 19.6 Å². The summed E-state index contributed by atoms with van der Waals surface area (Å²) in [6, 6.07) is 7.92. The number of ether oxygens (including phenoxy) is 1. The Labute approximate surface area is 249 Å². The normalized spacial score (nSPS) is 22.3. The number of para-hydroxylation sites is 1. The van der Waals surface area contributed by atoms with Crippen LogP contribution >= 0.6 is 0 Å². The Morgan fingerprint density at radius 2 is 1.86 bits per heavy atom. The third kappa shape index (κ3) is 7.29. The number of hydrogen-bond acceptors (Lipinski definition) is 7. The number of nitrogens with one attached hydrogen (secondary N) is 1. The van der Waals surface area contributed by atoms with E-state index in [1.165, 1.54) is 16.1 Å². The maximum Gasteiger partial charge on any atom is 0.226 e. The summed E-state index contributed by atoms with van der Waals surface area (Å²) in [6.07, 6.45) is 12.7. The molecule has 4 heterocycles. The third-order valence-electron chi connectivity index (χ3n) is 9.03. The second kappa shape index (κ2) is 13.5. The highest BCUT2D eigenvalue weighted by Gasteiger charge is 2.41. The van der Waals surface area contributed by atoms with Crippen LogP contribution in [-0.4, -0.2) is 78.4 Å². The van der Waals surface area contributed by atoms with Gasteiger partial charge in [0.25, 0.3) is 0 Å². The number of rotatable bonds is 5. The monoisotopic (exact) mass is 597 g/mol. The standard InChI is InChI=1S/C31H43N5O5S/c1-42(39,40)36-18-6-10-27(36)26-23-33-25(22-34-26)12-13-29(37)35-19-15-31(16-20-35)14-5-4-9-24-8-2-3-11-28(24)41-21-7-17-32-30(31)38/h2-3,8,11,22-23,27H,4-7,9-10,12-21H2,1H3,(H,32,38). The fraction of sp³-hybridized carbons (Fsp3) is 0.613. The van der Waals surface area contributed by atoms with Crippen LogP contribution in [0.15, 0.2) is 36.7 Å². The molecular formula is C31H43N5O5S. The van der Waals surface area contributed by atoms with Crippen molar-refractivity contribution in [2.75, 3.05) is 39.0 Å². The van der Waals surface area contributed by atoms with Crippen molar-refractivity contribution in [3.63, 3.8) is 0 Å². The fourth-order valence-corrected chi connectivity index (χ4v) is 7.68. The molecule has 0 saturated carbocycles. The van der Waals surface area contributed by atoms with Gasteiger partial charge in [-0.1, -0.05) is 24.6 Å². The molecule has 228 valence electrons. The topological polar surface area (TPSA) is 122 Å². The lowest BCUT2D eigenvalue weighted by Crippen LogP contribution is -2.50. The minimum atomic E-state index is -3.29. The molecule has 11 heteroatoms. The summed E-state index contributed by atoms with van der Waals surface area (Å²) >= 11 is 0. The molecule has 2 saturated heterocycles. The van der Waals surface area contributed by atoms with Crippen LogP contribution in [-0.2, 0) is 32.5 Å². The van der Waals surface area contributed by atoms with Crippen molar-refractivity contribution in [3.05, 3.63) is 53.6 Å². The van der Waals surface area contributed by atoms with E-state index >= 15 is 0 Å². The second-order valence-electron chi connectivity index (χ2n) is 11.9. The zero-order chi connectivity index (χ0) is 29.6. The number of likely N-dealkylation sites (tertiary alicyclic amines) is 1. The zero-order valence-corrected chi connectivity index (χ0v) is 25.4. The summed E-state index contributed by atoms with van der Waals surface area (Å²) in [5.74, 6) is 1.12. The van der Waals surface area contributed by atoms with Crippen LogP contribution in [0.5, 0.6) is 5.75 Å². The lowest BCUT2D eigenvalue weighted by atomic mass is 9.73. The van der Waals surface area contributed by atoms with Crippen LogP contribution in [0, 0.1) is 5.41 Å². The maximum absolute atomic E-state index is 13.4. The Hall–Kier alpha value is -3.05. The van der Waals surface area contributed by atoms with E-state index in [2.05, 4.69) is 21.4 Å². The van der Waals surface area contributed by atoms with Gasteiger partial charge in [-0.15, -0.1) is 0 Å². The number of benzene rings is 1. The van der Waals surface area contributed by atoms with Gasteiger partial charge in [-0.25, -0.2) is 8.42 Å². The van der Waals surface area contributed by atoms with E-state index in [0.717, 1.165) is 50.7 Å². The summed E-state index contributed by atoms with van der Waals surface area (Å²) in [5.41, 5.74) is 2.15. The molecule has 1 spiro atoms. The highest BCUT2D eigenvalue weighted by Crippen LogP contribution is 2.38. The molecule has 2 aromatic rings. The predicted molar refractivity (Wildman–Crippen MR) is 159 cm³/mol. The first-order valence-electron chi connectivity index (χ1n) is 15.3. The predicted octanol–water partition coefficient (Wildman–Crippen LogP) is 3.43. The van der Waals surface area contributed by atoms with Gasteiger partial charge in [-0.2, -0.15) is 4.31 Å². The van der Waals surface area contributed by atoms with Crippen LogP contribution in [0.2, 0.25) is 0 Å². The average molecular weight is 598 g/mol. The van der Waals surface area contributed by atoms with Gasteiger partial charge in [0.15, 0.2) is 0 Å². The van der Waals surface area contributed by atoms with Gasteiger partial charge in [-0.05, 0) is 69.4 Å². The Morgan fingerprint density at radius 1 is 1.05 bits per heavy atom. The molecule has 0 bridgehead atoms. The Morgan fingerprint density at radius 3 is 2.62 bits per heavy atom. The molecule has 2 amide bonds. The van der Waals surface area contributed by atoms with Gasteiger partial charge in [0.05, 0.1) is 41.9 Å². The van der Waals surface area contributed by atoms with Crippen LogP contribution in [0.25, 0.3) is 0 Å². The number of amides is 2. The first kappa shape index (κ1) is 30.4. The van der Waals surface area contributed by atoms with Crippen molar-refractivity contribution in [1.29, 1.82) is 0 Å². The summed E-state index contributed by atoms with van der Waals surface area (Å²) in [6.45, 7) is 2.80. The third-order valence-corrected chi connectivity index (χ3v) is 10.3. The molecule has 0 aliphatic carbocycles. The minimum Gasteiger partial charge on any atom is -0.493 e. The van der Waals surface area contributed by atoms with Crippen LogP contribution in [0.4, 0.5) is 0 Å².